The molecule has 2 heteroatoms. The largest absolute Gasteiger partial charge is 0.310 e. The van der Waals surface area contributed by atoms with Crippen molar-refractivity contribution in [2.75, 3.05) is 9.80 Å². The van der Waals surface area contributed by atoms with Crippen molar-refractivity contribution in [1.82, 2.24) is 0 Å². The first-order chi connectivity index (χ1) is 31.6. The standard InChI is InChI=1S/C65H74N2/c1-45-40-54(66(50-28-24-48(25-29-50)64(10,11)46-20-16-14-17-21-46)51-30-26-49(27-31-51)65(12,13)47-22-18-15-19-23-47)42-55(41-45)67(52-32-34-56-58(43-52)62(6,7)38-36-60(56,2)3)53-33-35-57-59(44-53)63(8,9)39-37-61(57,4)5/h14-35,40-44H,36-39H2,1-13H3. The van der Waals surface area contributed by atoms with Crippen molar-refractivity contribution >= 4 is 34.1 Å². The van der Waals surface area contributed by atoms with Gasteiger partial charge in [0.25, 0.3) is 0 Å². The lowest BCUT2D eigenvalue weighted by Gasteiger charge is -2.43. The van der Waals surface area contributed by atoms with Gasteiger partial charge in [0.1, 0.15) is 0 Å². The minimum absolute atomic E-state index is 0.0748. The smallest absolute Gasteiger partial charge is 0.0485 e. The Morgan fingerprint density at radius 3 is 0.970 bits per heavy atom. The molecule has 0 N–H and O–H groups in total. The lowest BCUT2D eigenvalue weighted by Crippen LogP contribution is -2.34. The average Bonchev–Trinajstić information content (AvgIpc) is 3.30. The van der Waals surface area contributed by atoms with E-state index in [0.717, 1.165) is 22.7 Å². The fourth-order valence-electron chi connectivity index (χ4n) is 11.4. The summed E-state index contributed by atoms with van der Waals surface area (Å²) in [6, 6.07) is 62.3. The highest BCUT2D eigenvalue weighted by atomic mass is 15.2. The van der Waals surface area contributed by atoms with Crippen LogP contribution in [0.4, 0.5) is 34.1 Å². The Hall–Kier alpha value is -5.86. The molecule has 0 heterocycles. The van der Waals surface area contributed by atoms with E-state index in [9.17, 15) is 0 Å². The zero-order valence-electron chi connectivity index (χ0n) is 42.8. The molecule has 0 unspecified atom stereocenters. The highest BCUT2D eigenvalue weighted by Gasteiger charge is 2.39. The van der Waals surface area contributed by atoms with Crippen molar-refractivity contribution in [3.05, 3.63) is 214 Å². The monoisotopic (exact) mass is 883 g/mol. The summed E-state index contributed by atoms with van der Waals surface area (Å²) in [6.45, 7) is 31.1. The fourth-order valence-corrected chi connectivity index (χ4v) is 11.4. The van der Waals surface area contributed by atoms with Crippen LogP contribution in [-0.4, -0.2) is 0 Å². The maximum absolute atomic E-state index is 2.56. The molecule has 0 spiro atoms. The van der Waals surface area contributed by atoms with E-state index < -0.39 is 0 Å². The van der Waals surface area contributed by atoms with Crippen LogP contribution in [0.15, 0.2) is 164 Å². The van der Waals surface area contributed by atoms with Crippen molar-refractivity contribution in [2.45, 2.75) is 148 Å². The summed E-state index contributed by atoms with van der Waals surface area (Å²) >= 11 is 0. The Labute approximate surface area is 404 Å². The van der Waals surface area contributed by atoms with Crippen molar-refractivity contribution in [1.29, 1.82) is 0 Å². The zero-order chi connectivity index (χ0) is 47.7. The molecule has 0 amide bonds. The first-order valence-electron chi connectivity index (χ1n) is 24.9. The summed E-state index contributed by atoms with van der Waals surface area (Å²) in [7, 11) is 0. The molecule has 0 saturated heterocycles. The van der Waals surface area contributed by atoms with E-state index in [1.54, 1.807) is 0 Å². The van der Waals surface area contributed by atoms with Gasteiger partial charge in [-0.3, -0.25) is 0 Å². The van der Waals surface area contributed by atoms with E-state index in [1.165, 1.54) is 87.1 Å². The highest BCUT2D eigenvalue weighted by molar-refractivity contribution is 5.84. The predicted octanol–water partition coefficient (Wildman–Crippen LogP) is 18.3. The number of anilines is 6. The summed E-state index contributed by atoms with van der Waals surface area (Å²) in [5.74, 6) is 0. The molecule has 2 aliphatic rings. The molecular weight excluding hydrogens is 809 g/mol. The Morgan fingerprint density at radius 2 is 0.612 bits per heavy atom. The van der Waals surface area contributed by atoms with Gasteiger partial charge >= 0.3 is 0 Å². The lowest BCUT2D eigenvalue weighted by atomic mass is 9.63. The highest BCUT2D eigenvalue weighted by Crippen LogP contribution is 2.52. The SMILES string of the molecule is Cc1cc(N(c2ccc(C(C)(C)c3ccccc3)cc2)c2ccc(C(C)(C)c3ccccc3)cc2)cc(N(c2ccc3c(c2)C(C)(C)CCC3(C)C)c2ccc3c(c2)C(C)(C)CCC3(C)C)c1. The number of fused-ring (bicyclic) bond motifs is 2. The van der Waals surface area contributed by atoms with Crippen LogP contribution in [0.2, 0.25) is 0 Å². The molecule has 2 nitrogen and oxygen atoms in total. The van der Waals surface area contributed by atoms with E-state index >= 15 is 0 Å². The van der Waals surface area contributed by atoms with Gasteiger partial charge in [0.15, 0.2) is 0 Å². The molecule has 0 radical (unpaired) electrons. The number of rotatable bonds is 10. The van der Waals surface area contributed by atoms with Crippen LogP contribution in [0.5, 0.6) is 0 Å². The van der Waals surface area contributed by atoms with Gasteiger partial charge in [-0.1, -0.05) is 180 Å². The number of aryl methyl sites for hydroxylation is 1. The summed E-state index contributed by atoms with van der Waals surface area (Å²) in [4.78, 5) is 5.02. The second-order valence-electron chi connectivity index (χ2n) is 23.8. The lowest BCUT2D eigenvalue weighted by molar-refractivity contribution is 0.332. The Kier molecular flexibility index (Phi) is 11.5. The number of hydrogen-bond acceptors (Lipinski definition) is 2. The first-order valence-corrected chi connectivity index (χ1v) is 24.9. The van der Waals surface area contributed by atoms with Crippen LogP contribution in [-0.2, 0) is 32.5 Å². The van der Waals surface area contributed by atoms with Gasteiger partial charge in [-0.2, -0.15) is 0 Å². The van der Waals surface area contributed by atoms with Gasteiger partial charge in [-0.25, -0.2) is 0 Å². The normalized spacial score (nSPS) is 17.0. The second kappa shape index (κ2) is 16.7. The maximum Gasteiger partial charge on any atom is 0.0485 e. The van der Waals surface area contributed by atoms with Crippen LogP contribution in [0.1, 0.15) is 159 Å². The van der Waals surface area contributed by atoms with Gasteiger partial charge in [-0.05, 0) is 171 Å². The molecule has 9 rings (SSSR count). The molecule has 0 atom stereocenters. The van der Waals surface area contributed by atoms with Gasteiger partial charge < -0.3 is 9.80 Å². The third-order valence-corrected chi connectivity index (χ3v) is 16.4. The van der Waals surface area contributed by atoms with Crippen LogP contribution in [0.25, 0.3) is 0 Å². The molecule has 0 saturated carbocycles. The van der Waals surface area contributed by atoms with Crippen LogP contribution in [0.3, 0.4) is 0 Å². The molecule has 0 fully saturated rings. The predicted molar refractivity (Wildman–Crippen MR) is 288 cm³/mol. The Morgan fingerprint density at radius 1 is 0.313 bits per heavy atom. The van der Waals surface area contributed by atoms with Gasteiger partial charge in [0.05, 0.1) is 0 Å². The molecule has 344 valence electrons. The van der Waals surface area contributed by atoms with Gasteiger partial charge in [0, 0.05) is 45.0 Å². The minimum Gasteiger partial charge on any atom is -0.310 e. The number of benzene rings is 7. The van der Waals surface area contributed by atoms with Crippen molar-refractivity contribution in [3.63, 3.8) is 0 Å². The van der Waals surface area contributed by atoms with Gasteiger partial charge in [-0.15, -0.1) is 0 Å². The molecular formula is C65H74N2. The molecule has 0 aliphatic heterocycles. The van der Waals surface area contributed by atoms with Crippen LogP contribution < -0.4 is 9.80 Å². The molecule has 0 bridgehead atoms. The maximum atomic E-state index is 2.56. The third-order valence-electron chi connectivity index (χ3n) is 16.4. The molecule has 2 aliphatic carbocycles. The number of hydrogen-bond donors (Lipinski definition) is 0. The van der Waals surface area contributed by atoms with E-state index in [0.29, 0.717) is 0 Å². The summed E-state index contributed by atoms with van der Waals surface area (Å²) in [5.41, 5.74) is 19.4. The molecule has 67 heavy (non-hydrogen) atoms. The van der Waals surface area contributed by atoms with E-state index in [-0.39, 0.29) is 32.5 Å². The Bertz CT molecular complexity index is 2720. The topological polar surface area (TPSA) is 6.48 Å². The van der Waals surface area contributed by atoms with Crippen molar-refractivity contribution in [2.24, 2.45) is 0 Å². The quantitative estimate of drug-likeness (QED) is 0.135. The van der Waals surface area contributed by atoms with Crippen molar-refractivity contribution < 1.29 is 0 Å². The number of nitrogens with zero attached hydrogens (tertiary/aromatic N) is 2. The zero-order valence-corrected chi connectivity index (χ0v) is 42.8. The van der Waals surface area contributed by atoms with Crippen molar-refractivity contribution in [3.8, 4) is 0 Å². The summed E-state index contributed by atoms with van der Waals surface area (Å²) < 4.78 is 0. The minimum atomic E-state index is -0.149. The third kappa shape index (κ3) is 8.56. The second-order valence-corrected chi connectivity index (χ2v) is 23.8. The average molecular weight is 883 g/mol. The Balaban J connectivity index is 1.23. The van der Waals surface area contributed by atoms with Crippen LogP contribution in [0, 0.1) is 6.92 Å². The van der Waals surface area contributed by atoms with E-state index in [4.69, 9.17) is 0 Å². The van der Waals surface area contributed by atoms with Gasteiger partial charge in [0.2, 0.25) is 0 Å². The summed E-state index contributed by atoms with van der Waals surface area (Å²) in [5, 5.41) is 0. The van der Waals surface area contributed by atoms with E-state index in [1.807, 2.05) is 0 Å². The summed E-state index contributed by atoms with van der Waals surface area (Å²) in [6.07, 6.45) is 4.73. The molecule has 7 aromatic rings. The van der Waals surface area contributed by atoms with E-state index in [2.05, 4.69) is 264 Å². The molecule has 7 aromatic carbocycles. The fraction of sp³-hybridized carbons (Fsp3) is 0.354. The van der Waals surface area contributed by atoms with Crippen LogP contribution >= 0.6 is 0 Å². The first kappa shape index (κ1) is 46.3. The molecule has 0 aromatic heterocycles.